The molecule has 0 amide bonds. The van der Waals surface area contributed by atoms with Gasteiger partial charge in [0.05, 0.1) is 11.7 Å². The predicted molar refractivity (Wildman–Crippen MR) is 115 cm³/mol. The van der Waals surface area contributed by atoms with Crippen LogP contribution in [0.2, 0.25) is 0 Å². The van der Waals surface area contributed by atoms with Crippen molar-refractivity contribution in [2.24, 2.45) is 11.7 Å². The Morgan fingerprint density at radius 2 is 2.00 bits per heavy atom. The van der Waals surface area contributed by atoms with Crippen molar-refractivity contribution in [3.05, 3.63) is 70.5 Å². The first kappa shape index (κ1) is 21.7. The van der Waals surface area contributed by atoms with E-state index >= 15 is 0 Å². The Balaban J connectivity index is 1.56. The molecule has 4 rings (SSSR count). The van der Waals surface area contributed by atoms with Gasteiger partial charge in [0.1, 0.15) is 22.3 Å². The minimum atomic E-state index is -0.715. The number of nitrogens with zero attached hydrogens (tertiary/aromatic N) is 2. The fourth-order valence-electron chi connectivity index (χ4n) is 4.29. The lowest BCUT2D eigenvalue weighted by molar-refractivity contribution is 0.0519. The third-order valence-electron chi connectivity index (χ3n) is 5.93. The number of hydrogen-bond donors (Lipinski definition) is 2. The summed E-state index contributed by atoms with van der Waals surface area (Å²) in [6.45, 7) is 1.97. The molecule has 2 aromatic heterocycles. The summed E-state index contributed by atoms with van der Waals surface area (Å²) in [5.74, 6) is -1.50. The van der Waals surface area contributed by atoms with Crippen LogP contribution in [0.1, 0.15) is 47.3 Å². The Hall–Kier alpha value is -2.55. The lowest BCUT2D eigenvalue weighted by atomic mass is 9.74. The molecule has 3 N–H and O–H groups in total. The van der Waals surface area contributed by atoms with E-state index in [2.05, 4.69) is 9.97 Å². The van der Waals surface area contributed by atoms with Gasteiger partial charge in [-0.15, -0.1) is 11.3 Å². The van der Waals surface area contributed by atoms with Gasteiger partial charge in [-0.2, -0.15) is 0 Å². The second-order valence-electron chi connectivity index (χ2n) is 8.11. The fourth-order valence-corrected chi connectivity index (χ4v) is 5.17. The van der Waals surface area contributed by atoms with Gasteiger partial charge in [-0.05, 0) is 54.0 Å². The van der Waals surface area contributed by atoms with E-state index in [-0.39, 0.29) is 46.3 Å². The molecular weight excluding hydrogens is 420 g/mol. The van der Waals surface area contributed by atoms with Crippen LogP contribution in [0.15, 0.2) is 42.0 Å². The molecule has 31 heavy (non-hydrogen) atoms. The van der Waals surface area contributed by atoms with Gasteiger partial charge in [0.25, 0.3) is 0 Å². The lowest BCUT2D eigenvalue weighted by Gasteiger charge is -2.36. The maximum absolute atomic E-state index is 14.0. The van der Waals surface area contributed by atoms with Crippen molar-refractivity contribution in [3.63, 3.8) is 0 Å². The molecule has 0 saturated heterocycles. The third-order valence-corrected chi connectivity index (χ3v) is 6.79. The van der Waals surface area contributed by atoms with Crippen molar-refractivity contribution in [2.75, 3.05) is 0 Å². The van der Waals surface area contributed by atoms with Crippen molar-refractivity contribution in [1.29, 1.82) is 0 Å². The number of Topliss-reactive ketones (excluding diaryl/α,β-unsaturated/α-hetero) is 1. The molecule has 0 bridgehead atoms. The Morgan fingerprint density at radius 3 is 2.71 bits per heavy atom. The molecule has 1 fully saturated rings. The van der Waals surface area contributed by atoms with Gasteiger partial charge in [0.2, 0.25) is 0 Å². The first-order valence-corrected chi connectivity index (χ1v) is 11.0. The van der Waals surface area contributed by atoms with Gasteiger partial charge < -0.3 is 10.8 Å². The maximum atomic E-state index is 14.0. The van der Waals surface area contributed by atoms with E-state index in [0.717, 1.165) is 41.0 Å². The minimum absolute atomic E-state index is 0.0576. The summed E-state index contributed by atoms with van der Waals surface area (Å²) in [6, 6.07) is 5.19. The maximum Gasteiger partial charge on any atom is 0.186 e. The molecule has 0 unspecified atom stereocenters. The van der Waals surface area contributed by atoms with Gasteiger partial charge in [0.15, 0.2) is 5.78 Å². The third kappa shape index (κ3) is 4.42. The summed E-state index contributed by atoms with van der Waals surface area (Å²) in [6.07, 6.45) is 4.30. The molecule has 1 aromatic carbocycles. The van der Waals surface area contributed by atoms with Crippen LogP contribution in [0, 0.1) is 17.6 Å². The van der Waals surface area contributed by atoms with E-state index in [1.54, 1.807) is 12.4 Å². The van der Waals surface area contributed by atoms with Crippen LogP contribution in [-0.4, -0.2) is 33.0 Å². The number of benzene rings is 1. The molecule has 1 saturated carbocycles. The van der Waals surface area contributed by atoms with E-state index < -0.39 is 17.7 Å². The van der Waals surface area contributed by atoms with Crippen LogP contribution >= 0.6 is 11.3 Å². The van der Waals surface area contributed by atoms with Crippen molar-refractivity contribution in [3.8, 4) is 10.6 Å². The van der Waals surface area contributed by atoms with Gasteiger partial charge >= 0.3 is 0 Å². The number of halogens is 2. The highest BCUT2D eigenvalue weighted by atomic mass is 32.1. The second-order valence-corrected chi connectivity index (χ2v) is 8.97. The zero-order valence-electron chi connectivity index (χ0n) is 17.0. The van der Waals surface area contributed by atoms with Crippen molar-refractivity contribution >= 4 is 17.1 Å². The topological polar surface area (TPSA) is 89.1 Å². The number of rotatable bonds is 5. The molecule has 8 heteroatoms. The summed E-state index contributed by atoms with van der Waals surface area (Å²) in [7, 11) is 0. The number of carbonyl (C=O) groups is 1. The number of aliphatic hydroxyl groups is 1. The molecule has 0 aliphatic heterocycles. The average Bonchev–Trinajstić information content (AvgIpc) is 3.22. The summed E-state index contributed by atoms with van der Waals surface area (Å²) in [5.41, 5.74) is 7.83. The molecule has 0 radical (unpaired) electrons. The summed E-state index contributed by atoms with van der Waals surface area (Å²) < 4.78 is 28.1. The monoisotopic (exact) mass is 443 g/mol. The molecule has 2 heterocycles. The largest absolute Gasteiger partial charge is 0.391 e. The molecule has 1 aliphatic carbocycles. The summed E-state index contributed by atoms with van der Waals surface area (Å²) >= 11 is 1.03. The Kier molecular flexibility index (Phi) is 6.22. The van der Waals surface area contributed by atoms with Crippen molar-refractivity contribution < 1.29 is 18.7 Å². The number of nitrogens with two attached hydrogens (primary N) is 1. The first-order chi connectivity index (χ1) is 14.8. The molecule has 3 aromatic rings. The van der Waals surface area contributed by atoms with Crippen LogP contribution in [0.3, 0.4) is 0 Å². The quantitative estimate of drug-likeness (QED) is 0.580. The SMILES string of the molecule is C[C@H]1C[C@@H](c2ccncc2CC(=O)c2csc(-c3c(F)cccc3F)n2)C[C@@H](N)[C@@H]1O. The van der Waals surface area contributed by atoms with E-state index in [4.69, 9.17) is 5.73 Å². The molecule has 5 nitrogen and oxygen atoms in total. The van der Waals surface area contributed by atoms with E-state index in [9.17, 15) is 18.7 Å². The van der Waals surface area contributed by atoms with E-state index in [0.29, 0.717) is 6.42 Å². The molecule has 1 aliphatic rings. The van der Waals surface area contributed by atoms with Crippen LogP contribution < -0.4 is 5.73 Å². The number of carbonyl (C=O) groups excluding carboxylic acids is 1. The number of hydrogen-bond acceptors (Lipinski definition) is 6. The van der Waals surface area contributed by atoms with Crippen LogP contribution in [0.25, 0.3) is 10.6 Å². The number of ketones is 1. The number of thiazole rings is 1. The number of aliphatic hydroxyl groups excluding tert-OH is 1. The molecular formula is C23H23F2N3O2S. The number of aromatic nitrogens is 2. The normalized spacial score (nSPS) is 23.6. The molecule has 0 spiro atoms. The standard InChI is InChI=1S/C23H23F2N3O2S/c1-12-7-13(8-18(26)22(12)30)15-5-6-27-10-14(15)9-20(29)19-11-31-23(28-19)21-16(24)3-2-4-17(21)25/h2-6,10-13,18,22,30H,7-9,26H2,1H3/t12-,13+,18+,22+/m0/s1. The summed E-state index contributed by atoms with van der Waals surface area (Å²) in [4.78, 5) is 21.3. The van der Waals surface area contributed by atoms with Crippen LogP contribution in [0.4, 0.5) is 8.78 Å². The van der Waals surface area contributed by atoms with Gasteiger partial charge in [-0.3, -0.25) is 9.78 Å². The molecule has 162 valence electrons. The highest BCUT2D eigenvalue weighted by Gasteiger charge is 2.34. The van der Waals surface area contributed by atoms with Crippen molar-refractivity contribution in [2.45, 2.75) is 44.2 Å². The smallest absolute Gasteiger partial charge is 0.186 e. The predicted octanol–water partition coefficient (Wildman–Crippen LogP) is 4.11. The van der Waals surface area contributed by atoms with Crippen LogP contribution in [0.5, 0.6) is 0 Å². The summed E-state index contributed by atoms with van der Waals surface area (Å²) in [5, 5.41) is 11.8. The minimum Gasteiger partial charge on any atom is -0.391 e. The van der Waals surface area contributed by atoms with Crippen molar-refractivity contribution in [1.82, 2.24) is 9.97 Å². The second kappa shape index (κ2) is 8.90. The van der Waals surface area contributed by atoms with Gasteiger partial charge in [-0.25, -0.2) is 13.8 Å². The zero-order chi connectivity index (χ0) is 22.1. The first-order valence-electron chi connectivity index (χ1n) is 10.1. The van der Waals surface area contributed by atoms with E-state index in [1.807, 2.05) is 13.0 Å². The lowest BCUT2D eigenvalue weighted by Crippen LogP contribution is -2.44. The molecule has 4 atom stereocenters. The Morgan fingerprint density at radius 1 is 1.26 bits per heavy atom. The van der Waals surface area contributed by atoms with Gasteiger partial charge in [0, 0.05) is 30.2 Å². The van der Waals surface area contributed by atoms with Crippen LogP contribution in [-0.2, 0) is 6.42 Å². The fraction of sp³-hybridized carbons (Fsp3) is 0.348. The zero-order valence-corrected chi connectivity index (χ0v) is 17.8. The highest BCUT2D eigenvalue weighted by Crippen LogP contribution is 2.37. The number of pyridine rings is 1. The Labute approximate surface area is 183 Å². The van der Waals surface area contributed by atoms with Gasteiger partial charge in [-0.1, -0.05) is 13.0 Å². The average molecular weight is 444 g/mol. The highest BCUT2D eigenvalue weighted by molar-refractivity contribution is 7.13. The van der Waals surface area contributed by atoms with E-state index in [1.165, 1.54) is 11.4 Å². The Bertz CT molecular complexity index is 1070.